The van der Waals surface area contributed by atoms with Gasteiger partial charge in [-0.05, 0) is 50.6 Å². The van der Waals surface area contributed by atoms with Crippen LogP contribution in [-0.2, 0) is 4.79 Å². The van der Waals surface area contributed by atoms with Crippen molar-refractivity contribution in [2.24, 2.45) is 0 Å². The fraction of sp³-hybridized carbons (Fsp3) is 0.154. The monoisotopic (exact) mass is 485 g/mol. The molecule has 0 fully saturated rings. The highest BCUT2D eigenvalue weighted by Crippen LogP contribution is 2.29. The molecule has 2 aromatic carbocycles. The molecule has 9 heteroatoms. The highest BCUT2D eigenvalue weighted by Gasteiger charge is 2.17. The summed E-state index contributed by atoms with van der Waals surface area (Å²) >= 11 is 1.17. The Balaban J connectivity index is 1.36. The first-order chi connectivity index (χ1) is 17.0. The highest BCUT2D eigenvalue weighted by molar-refractivity contribution is 7.99. The highest BCUT2D eigenvalue weighted by atomic mass is 32.2. The summed E-state index contributed by atoms with van der Waals surface area (Å²) in [7, 11) is 0. The molecule has 176 valence electrons. The van der Waals surface area contributed by atoms with Gasteiger partial charge in [0.05, 0.1) is 29.0 Å². The molecule has 0 bridgehead atoms. The lowest BCUT2D eigenvalue weighted by Crippen LogP contribution is -2.16. The fourth-order valence-corrected chi connectivity index (χ4v) is 4.23. The van der Waals surface area contributed by atoms with Crippen molar-refractivity contribution in [3.05, 3.63) is 83.8 Å². The molecule has 3 heterocycles. The predicted molar refractivity (Wildman–Crippen MR) is 135 cm³/mol. The SMILES string of the molecule is Cc1ccc(C)c(-c2cc(NC(=O)CSc3nnc(-c4ccoc4C)o3)n(-c3ccccc3)n2)c1. The van der Waals surface area contributed by atoms with Crippen LogP contribution < -0.4 is 5.32 Å². The molecule has 35 heavy (non-hydrogen) atoms. The van der Waals surface area contributed by atoms with Crippen LogP contribution in [0.1, 0.15) is 16.9 Å². The molecular formula is C26H23N5O3S. The first-order valence-electron chi connectivity index (χ1n) is 11.0. The van der Waals surface area contributed by atoms with Gasteiger partial charge in [-0.15, -0.1) is 10.2 Å². The van der Waals surface area contributed by atoms with Crippen molar-refractivity contribution in [3.8, 4) is 28.4 Å². The third kappa shape index (κ3) is 4.90. The van der Waals surface area contributed by atoms with E-state index in [1.165, 1.54) is 11.8 Å². The molecule has 0 atom stereocenters. The van der Waals surface area contributed by atoms with Gasteiger partial charge in [-0.2, -0.15) is 5.10 Å². The molecule has 0 spiro atoms. The van der Waals surface area contributed by atoms with Crippen LogP contribution in [0, 0.1) is 20.8 Å². The smallest absolute Gasteiger partial charge is 0.277 e. The number of benzene rings is 2. The summed E-state index contributed by atoms with van der Waals surface area (Å²) in [6, 6.07) is 19.6. The maximum absolute atomic E-state index is 12.8. The van der Waals surface area contributed by atoms with Gasteiger partial charge in [0.2, 0.25) is 5.91 Å². The first-order valence-corrected chi connectivity index (χ1v) is 12.0. The quantitative estimate of drug-likeness (QED) is 0.289. The Kier molecular flexibility index (Phi) is 6.24. The van der Waals surface area contributed by atoms with Gasteiger partial charge in [-0.1, -0.05) is 47.7 Å². The molecule has 0 saturated carbocycles. The van der Waals surface area contributed by atoms with Crippen molar-refractivity contribution in [1.82, 2.24) is 20.0 Å². The minimum Gasteiger partial charge on any atom is -0.469 e. The largest absolute Gasteiger partial charge is 0.469 e. The Morgan fingerprint density at radius 3 is 2.60 bits per heavy atom. The molecule has 1 amide bonds. The zero-order valence-electron chi connectivity index (χ0n) is 19.5. The van der Waals surface area contributed by atoms with Gasteiger partial charge < -0.3 is 14.2 Å². The summed E-state index contributed by atoms with van der Waals surface area (Å²) in [6.07, 6.45) is 1.57. The van der Waals surface area contributed by atoms with Crippen LogP contribution in [0.4, 0.5) is 5.82 Å². The number of carbonyl (C=O) groups is 1. The summed E-state index contributed by atoms with van der Waals surface area (Å²) in [5, 5.41) is 16.2. The zero-order valence-corrected chi connectivity index (χ0v) is 20.3. The van der Waals surface area contributed by atoms with E-state index in [1.807, 2.05) is 50.2 Å². The third-order valence-corrected chi connectivity index (χ3v) is 6.29. The molecule has 0 unspecified atom stereocenters. The van der Waals surface area contributed by atoms with E-state index in [4.69, 9.17) is 13.9 Å². The van der Waals surface area contributed by atoms with E-state index in [1.54, 1.807) is 17.0 Å². The standard InChI is InChI=1S/C26H23N5O3S/c1-16-9-10-17(2)21(13-16)22-14-23(31(30-22)19-7-5-4-6-8-19)27-24(32)15-35-26-29-28-25(34-26)20-11-12-33-18(20)3/h4-14H,15H2,1-3H3,(H,27,32). The Bertz CT molecular complexity index is 1490. The number of aromatic nitrogens is 4. The molecule has 0 aliphatic heterocycles. The predicted octanol–water partition coefficient (Wildman–Crippen LogP) is 5.84. The maximum atomic E-state index is 12.8. The summed E-state index contributed by atoms with van der Waals surface area (Å²) in [5.74, 6) is 1.53. The van der Waals surface area contributed by atoms with Gasteiger partial charge in [0, 0.05) is 11.6 Å². The lowest BCUT2D eigenvalue weighted by atomic mass is 10.0. The van der Waals surface area contributed by atoms with E-state index >= 15 is 0 Å². The minimum absolute atomic E-state index is 0.102. The molecule has 3 aromatic heterocycles. The number of para-hydroxylation sites is 1. The number of furan rings is 1. The molecule has 0 saturated heterocycles. The summed E-state index contributed by atoms with van der Waals surface area (Å²) in [4.78, 5) is 12.8. The van der Waals surface area contributed by atoms with Gasteiger partial charge in [0.1, 0.15) is 11.6 Å². The van der Waals surface area contributed by atoms with E-state index in [2.05, 4.69) is 40.6 Å². The van der Waals surface area contributed by atoms with Gasteiger partial charge in [0.15, 0.2) is 0 Å². The second-order valence-corrected chi connectivity index (χ2v) is 9.01. The summed E-state index contributed by atoms with van der Waals surface area (Å²) in [5.41, 5.74) is 5.66. The first kappa shape index (κ1) is 22.7. The van der Waals surface area contributed by atoms with Crippen molar-refractivity contribution in [2.75, 3.05) is 11.1 Å². The van der Waals surface area contributed by atoms with E-state index in [0.717, 1.165) is 33.6 Å². The topological polar surface area (TPSA) is 99.0 Å². The van der Waals surface area contributed by atoms with E-state index in [9.17, 15) is 4.79 Å². The van der Waals surface area contributed by atoms with Gasteiger partial charge in [-0.25, -0.2) is 4.68 Å². The van der Waals surface area contributed by atoms with Crippen molar-refractivity contribution >= 4 is 23.5 Å². The van der Waals surface area contributed by atoms with Crippen molar-refractivity contribution in [2.45, 2.75) is 26.0 Å². The zero-order chi connectivity index (χ0) is 24.4. The fourth-order valence-electron chi connectivity index (χ4n) is 3.67. The number of thioether (sulfide) groups is 1. The van der Waals surface area contributed by atoms with Gasteiger partial charge in [0.25, 0.3) is 11.1 Å². The second kappa shape index (κ2) is 9.63. The molecule has 5 aromatic rings. The maximum Gasteiger partial charge on any atom is 0.277 e. The average molecular weight is 486 g/mol. The van der Waals surface area contributed by atoms with Gasteiger partial charge in [-0.3, -0.25) is 4.79 Å². The van der Waals surface area contributed by atoms with E-state index < -0.39 is 0 Å². The number of aryl methyl sites for hydroxylation is 3. The molecule has 1 N–H and O–H groups in total. The van der Waals surface area contributed by atoms with E-state index in [-0.39, 0.29) is 11.7 Å². The number of hydrogen-bond donors (Lipinski definition) is 1. The normalized spacial score (nSPS) is 11.1. The van der Waals surface area contributed by atoms with Gasteiger partial charge >= 0.3 is 0 Å². The van der Waals surface area contributed by atoms with Crippen molar-refractivity contribution in [1.29, 1.82) is 0 Å². The number of carbonyl (C=O) groups excluding carboxylic acids is 1. The van der Waals surface area contributed by atoms with Crippen LogP contribution in [-0.4, -0.2) is 31.6 Å². The molecule has 8 nitrogen and oxygen atoms in total. The number of amides is 1. The Morgan fingerprint density at radius 1 is 1.00 bits per heavy atom. The van der Waals surface area contributed by atoms with Crippen LogP contribution in [0.3, 0.4) is 0 Å². The third-order valence-electron chi connectivity index (χ3n) is 5.47. The molecule has 5 rings (SSSR count). The molecule has 0 radical (unpaired) electrons. The molecular weight excluding hydrogens is 462 g/mol. The number of hydrogen-bond acceptors (Lipinski definition) is 7. The Labute approximate surface area is 206 Å². The number of anilines is 1. The van der Waals surface area contributed by atoms with Crippen LogP contribution in [0.5, 0.6) is 0 Å². The lowest BCUT2D eigenvalue weighted by Gasteiger charge is -2.08. The van der Waals surface area contributed by atoms with Crippen LogP contribution in [0.2, 0.25) is 0 Å². The van der Waals surface area contributed by atoms with Crippen molar-refractivity contribution in [3.63, 3.8) is 0 Å². The van der Waals surface area contributed by atoms with Crippen molar-refractivity contribution < 1.29 is 13.6 Å². The summed E-state index contributed by atoms with van der Waals surface area (Å²) < 4.78 is 12.7. The van der Waals surface area contributed by atoms with Crippen LogP contribution in [0.15, 0.2) is 81.0 Å². The second-order valence-electron chi connectivity index (χ2n) is 8.08. The average Bonchev–Trinajstić information content (AvgIpc) is 3.60. The number of nitrogens with zero attached hydrogens (tertiary/aromatic N) is 4. The Hall–Kier alpha value is -4.11. The number of nitrogens with one attached hydrogen (secondary N) is 1. The minimum atomic E-state index is -0.209. The van der Waals surface area contributed by atoms with Crippen LogP contribution >= 0.6 is 11.8 Å². The van der Waals surface area contributed by atoms with Crippen LogP contribution in [0.25, 0.3) is 28.4 Å². The molecule has 0 aliphatic rings. The van der Waals surface area contributed by atoms with E-state index in [0.29, 0.717) is 22.7 Å². The summed E-state index contributed by atoms with van der Waals surface area (Å²) in [6.45, 7) is 5.92. The lowest BCUT2D eigenvalue weighted by molar-refractivity contribution is -0.113. The number of rotatable bonds is 7. The molecule has 0 aliphatic carbocycles. The Morgan fingerprint density at radius 2 is 1.83 bits per heavy atom.